The fourth-order valence-electron chi connectivity index (χ4n) is 3.21. The van der Waals surface area contributed by atoms with Crippen LogP contribution < -0.4 is 10.6 Å². The van der Waals surface area contributed by atoms with Crippen molar-refractivity contribution in [3.05, 3.63) is 59.4 Å². The molecule has 136 valence electrons. The van der Waals surface area contributed by atoms with Gasteiger partial charge >= 0.3 is 0 Å². The molecule has 1 saturated carbocycles. The second-order valence-electron chi connectivity index (χ2n) is 6.54. The van der Waals surface area contributed by atoms with Gasteiger partial charge < -0.3 is 10.6 Å². The third kappa shape index (κ3) is 4.82. The number of benzene rings is 2. The third-order valence-corrected chi connectivity index (χ3v) is 4.91. The zero-order valence-corrected chi connectivity index (χ0v) is 14.9. The summed E-state index contributed by atoms with van der Waals surface area (Å²) in [5.41, 5.74) is 1.26. The van der Waals surface area contributed by atoms with Gasteiger partial charge in [0.05, 0.1) is 0 Å². The Morgan fingerprint density at radius 3 is 1.92 bits per heavy atom. The molecule has 0 radical (unpaired) electrons. The first kappa shape index (κ1) is 18.4. The van der Waals surface area contributed by atoms with E-state index in [4.69, 9.17) is 11.6 Å². The number of hydrogen-bond acceptors (Lipinski definition) is 2. The monoisotopic (exact) mass is 374 g/mol. The zero-order chi connectivity index (χ0) is 18.5. The second-order valence-corrected chi connectivity index (χ2v) is 6.98. The van der Waals surface area contributed by atoms with E-state index >= 15 is 0 Å². The quantitative estimate of drug-likeness (QED) is 0.802. The molecule has 2 amide bonds. The highest BCUT2D eigenvalue weighted by molar-refractivity contribution is 6.30. The van der Waals surface area contributed by atoms with Crippen LogP contribution in [-0.4, -0.2) is 11.8 Å². The van der Waals surface area contributed by atoms with Gasteiger partial charge in [-0.15, -0.1) is 0 Å². The van der Waals surface area contributed by atoms with Crippen molar-refractivity contribution in [1.82, 2.24) is 0 Å². The summed E-state index contributed by atoms with van der Waals surface area (Å²) in [6, 6.07) is 12.7. The molecule has 0 atom stereocenters. The zero-order valence-electron chi connectivity index (χ0n) is 14.2. The first-order chi connectivity index (χ1) is 12.5. The van der Waals surface area contributed by atoms with Crippen molar-refractivity contribution in [1.29, 1.82) is 0 Å². The van der Waals surface area contributed by atoms with Gasteiger partial charge in [0.25, 0.3) is 0 Å². The van der Waals surface area contributed by atoms with Gasteiger partial charge in [-0.05, 0) is 68.1 Å². The lowest BCUT2D eigenvalue weighted by atomic mass is 9.81. The lowest BCUT2D eigenvalue weighted by Crippen LogP contribution is -2.32. The molecule has 0 spiro atoms. The minimum absolute atomic E-state index is 0.0374. The highest BCUT2D eigenvalue weighted by Crippen LogP contribution is 2.31. The highest BCUT2D eigenvalue weighted by atomic mass is 35.5. The Morgan fingerprint density at radius 2 is 1.38 bits per heavy atom. The number of carbonyl (C=O) groups is 2. The molecule has 1 fully saturated rings. The molecule has 3 rings (SSSR count). The number of carbonyl (C=O) groups excluding carboxylic acids is 2. The summed E-state index contributed by atoms with van der Waals surface area (Å²) in [7, 11) is 0. The molecule has 2 aromatic carbocycles. The normalized spacial score (nSPS) is 19.6. The number of amides is 2. The lowest BCUT2D eigenvalue weighted by Gasteiger charge is -2.27. The van der Waals surface area contributed by atoms with Crippen molar-refractivity contribution in [3.63, 3.8) is 0 Å². The maximum atomic E-state index is 12.9. The number of nitrogens with one attached hydrogen (secondary N) is 2. The Balaban J connectivity index is 1.49. The molecule has 4 nitrogen and oxygen atoms in total. The molecule has 0 aromatic heterocycles. The van der Waals surface area contributed by atoms with Crippen molar-refractivity contribution < 1.29 is 14.0 Å². The topological polar surface area (TPSA) is 58.2 Å². The van der Waals surface area contributed by atoms with E-state index in [1.807, 2.05) is 0 Å². The predicted octanol–water partition coefficient (Wildman–Crippen LogP) is 4.86. The van der Waals surface area contributed by atoms with Crippen molar-refractivity contribution in [2.45, 2.75) is 25.7 Å². The Morgan fingerprint density at radius 1 is 0.846 bits per heavy atom. The van der Waals surface area contributed by atoms with Crippen LogP contribution in [0.2, 0.25) is 5.02 Å². The molecular formula is C20H20ClFN2O2. The van der Waals surface area contributed by atoms with Gasteiger partial charge in [0.2, 0.25) is 11.8 Å². The smallest absolute Gasteiger partial charge is 0.227 e. The molecule has 0 bridgehead atoms. The molecule has 0 aliphatic heterocycles. The van der Waals surface area contributed by atoms with E-state index in [0.717, 1.165) is 0 Å². The van der Waals surface area contributed by atoms with Gasteiger partial charge in [-0.1, -0.05) is 17.7 Å². The Bertz CT molecular complexity index is 787. The van der Waals surface area contributed by atoms with Crippen LogP contribution in [0.1, 0.15) is 25.7 Å². The Kier molecular flexibility index (Phi) is 5.89. The van der Waals surface area contributed by atoms with E-state index in [0.29, 0.717) is 42.1 Å². The molecule has 2 N–H and O–H groups in total. The molecule has 2 aromatic rings. The molecule has 26 heavy (non-hydrogen) atoms. The first-order valence-corrected chi connectivity index (χ1v) is 9.02. The van der Waals surface area contributed by atoms with Gasteiger partial charge in [-0.3, -0.25) is 9.59 Å². The summed E-state index contributed by atoms with van der Waals surface area (Å²) in [6.45, 7) is 0. The SMILES string of the molecule is O=C(Nc1ccc(F)cc1)C1CCC(C(=O)Nc2cccc(Cl)c2)CC1. The van der Waals surface area contributed by atoms with Crippen LogP contribution in [0, 0.1) is 17.7 Å². The van der Waals surface area contributed by atoms with E-state index in [2.05, 4.69) is 10.6 Å². The van der Waals surface area contributed by atoms with E-state index < -0.39 is 0 Å². The highest BCUT2D eigenvalue weighted by Gasteiger charge is 2.30. The summed E-state index contributed by atoms with van der Waals surface area (Å²) in [5, 5.41) is 6.26. The number of anilines is 2. The third-order valence-electron chi connectivity index (χ3n) is 4.67. The van der Waals surface area contributed by atoms with Crippen LogP contribution in [-0.2, 0) is 9.59 Å². The molecule has 0 heterocycles. The van der Waals surface area contributed by atoms with Crippen molar-refractivity contribution in [2.75, 3.05) is 10.6 Å². The standard InChI is InChI=1S/C20H20ClFN2O2/c21-15-2-1-3-18(12-15)24-20(26)14-6-4-13(5-7-14)19(25)23-17-10-8-16(22)9-11-17/h1-3,8-14H,4-7H2,(H,23,25)(H,24,26). The maximum absolute atomic E-state index is 12.9. The minimum Gasteiger partial charge on any atom is -0.326 e. The van der Waals surface area contributed by atoms with Crippen LogP contribution in [0.3, 0.4) is 0 Å². The molecule has 1 aliphatic carbocycles. The average molecular weight is 375 g/mol. The summed E-state index contributed by atoms with van der Waals surface area (Å²) in [4.78, 5) is 24.7. The lowest BCUT2D eigenvalue weighted by molar-refractivity contribution is -0.125. The van der Waals surface area contributed by atoms with Gasteiger partial charge in [0.1, 0.15) is 5.82 Å². The Hall–Kier alpha value is -2.40. The van der Waals surface area contributed by atoms with E-state index in [1.54, 1.807) is 24.3 Å². The number of halogens is 2. The van der Waals surface area contributed by atoms with Gasteiger partial charge in [0, 0.05) is 28.2 Å². The number of hydrogen-bond donors (Lipinski definition) is 2. The van der Waals surface area contributed by atoms with Crippen LogP contribution >= 0.6 is 11.6 Å². The summed E-state index contributed by atoms with van der Waals surface area (Å²) >= 11 is 5.93. The fourth-order valence-corrected chi connectivity index (χ4v) is 3.40. The van der Waals surface area contributed by atoms with Crippen molar-refractivity contribution in [3.8, 4) is 0 Å². The Labute approximate surface area is 156 Å². The summed E-state index contributed by atoms with van der Waals surface area (Å²) in [5.74, 6) is -0.691. The fraction of sp³-hybridized carbons (Fsp3) is 0.300. The minimum atomic E-state index is -0.339. The summed E-state index contributed by atoms with van der Waals surface area (Å²) < 4.78 is 12.9. The van der Waals surface area contributed by atoms with Crippen molar-refractivity contribution in [2.24, 2.45) is 11.8 Å². The van der Waals surface area contributed by atoms with Gasteiger partial charge in [-0.2, -0.15) is 0 Å². The molecular weight excluding hydrogens is 355 g/mol. The number of rotatable bonds is 4. The van der Waals surface area contributed by atoms with Crippen molar-refractivity contribution >= 4 is 34.8 Å². The second kappa shape index (κ2) is 8.32. The molecule has 0 saturated heterocycles. The van der Waals surface area contributed by atoms with Gasteiger partial charge in [-0.25, -0.2) is 4.39 Å². The largest absolute Gasteiger partial charge is 0.326 e. The van der Waals surface area contributed by atoms with Gasteiger partial charge in [0.15, 0.2) is 0 Å². The first-order valence-electron chi connectivity index (χ1n) is 8.64. The van der Waals surface area contributed by atoms with E-state index in [1.165, 1.54) is 24.3 Å². The molecule has 0 unspecified atom stereocenters. The van der Waals surface area contributed by atoms with E-state index in [-0.39, 0.29) is 29.5 Å². The van der Waals surface area contributed by atoms with Crippen LogP contribution in [0.15, 0.2) is 48.5 Å². The predicted molar refractivity (Wildman–Crippen MR) is 101 cm³/mol. The maximum Gasteiger partial charge on any atom is 0.227 e. The van der Waals surface area contributed by atoms with Crippen LogP contribution in [0.4, 0.5) is 15.8 Å². The summed E-state index contributed by atoms with van der Waals surface area (Å²) in [6.07, 6.45) is 2.63. The van der Waals surface area contributed by atoms with Crippen LogP contribution in [0.5, 0.6) is 0 Å². The van der Waals surface area contributed by atoms with Crippen LogP contribution in [0.25, 0.3) is 0 Å². The van der Waals surface area contributed by atoms with E-state index in [9.17, 15) is 14.0 Å². The molecule has 6 heteroatoms. The molecule has 1 aliphatic rings. The average Bonchev–Trinajstić information content (AvgIpc) is 2.64.